The summed E-state index contributed by atoms with van der Waals surface area (Å²) >= 11 is 0. The molecule has 0 rings (SSSR count). The lowest BCUT2D eigenvalue weighted by atomic mass is 9.98. The summed E-state index contributed by atoms with van der Waals surface area (Å²) in [5.41, 5.74) is 0. The van der Waals surface area contributed by atoms with Gasteiger partial charge >= 0.3 is 0 Å². The zero-order valence-corrected chi connectivity index (χ0v) is 9.75. The number of hydrogen-bond acceptors (Lipinski definition) is 3. The van der Waals surface area contributed by atoms with Crippen LogP contribution in [-0.2, 0) is 14.9 Å². The zero-order valence-electron chi connectivity index (χ0n) is 8.93. The van der Waals surface area contributed by atoms with Crippen LogP contribution in [0.25, 0.3) is 0 Å². The molecule has 0 aromatic heterocycles. The van der Waals surface area contributed by atoms with Gasteiger partial charge in [-0.1, -0.05) is 20.4 Å². The summed E-state index contributed by atoms with van der Waals surface area (Å²) in [5, 5.41) is 2.57. The van der Waals surface area contributed by atoms with Gasteiger partial charge in [0.05, 0.1) is 5.75 Å². The van der Waals surface area contributed by atoms with Gasteiger partial charge in [-0.15, -0.1) is 0 Å². The van der Waals surface area contributed by atoms with Crippen molar-refractivity contribution in [1.29, 1.82) is 0 Å². The minimum absolute atomic E-state index is 0.0316. The maximum Gasteiger partial charge on any atom is 0.265 e. The number of carbonyl (C=O) groups is 1. The minimum atomic E-state index is -3.95. The number of rotatable bonds is 6. The normalized spacial score (nSPS) is 15.4. The van der Waals surface area contributed by atoms with Crippen molar-refractivity contribution >= 4 is 16.0 Å². The summed E-state index contributed by atoms with van der Waals surface area (Å²) in [6.07, 6.45) is 1.15. The molecule has 0 aliphatic rings. The number of hydrogen-bond donors (Lipinski definition) is 2. The summed E-state index contributed by atoms with van der Waals surface area (Å²) < 4.78 is 29.8. The van der Waals surface area contributed by atoms with Gasteiger partial charge in [-0.2, -0.15) is 8.42 Å². The molecule has 2 N–H and O–H groups in total. The third kappa shape index (κ3) is 7.10. The van der Waals surface area contributed by atoms with Crippen LogP contribution >= 0.6 is 0 Å². The summed E-state index contributed by atoms with van der Waals surface area (Å²) in [6, 6.07) is 0. The SMILES string of the molecule is C=CC(=O)NCC(C)C(C)CS(=O)(=O)O. The molecule has 0 heterocycles. The van der Waals surface area contributed by atoms with Crippen molar-refractivity contribution < 1.29 is 17.8 Å². The third-order valence-corrected chi connectivity index (χ3v) is 3.18. The molecule has 0 aromatic carbocycles. The lowest BCUT2D eigenvalue weighted by molar-refractivity contribution is -0.116. The van der Waals surface area contributed by atoms with E-state index in [0.717, 1.165) is 6.08 Å². The fourth-order valence-corrected chi connectivity index (χ4v) is 2.02. The first-order valence-corrected chi connectivity index (χ1v) is 6.22. The summed E-state index contributed by atoms with van der Waals surface area (Å²) in [5.74, 6) is -0.833. The van der Waals surface area contributed by atoms with E-state index in [4.69, 9.17) is 4.55 Å². The highest BCUT2D eigenvalue weighted by atomic mass is 32.2. The molecule has 2 unspecified atom stereocenters. The fourth-order valence-electron chi connectivity index (χ4n) is 1.03. The molecule has 6 heteroatoms. The lowest BCUT2D eigenvalue weighted by Gasteiger charge is -2.18. The Labute approximate surface area is 90.3 Å². The van der Waals surface area contributed by atoms with Crippen LogP contribution in [-0.4, -0.2) is 31.2 Å². The average molecular weight is 235 g/mol. The van der Waals surface area contributed by atoms with Crippen molar-refractivity contribution in [3.63, 3.8) is 0 Å². The first kappa shape index (κ1) is 14.1. The average Bonchev–Trinajstić information content (AvgIpc) is 2.10. The van der Waals surface area contributed by atoms with Crippen molar-refractivity contribution in [2.24, 2.45) is 11.8 Å². The molecule has 0 aliphatic carbocycles. The Kier molecular flexibility index (Phi) is 5.53. The third-order valence-electron chi connectivity index (χ3n) is 2.23. The first-order valence-electron chi connectivity index (χ1n) is 4.61. The molecule has 0 saturated carbocycles. The van der Waals surface area contributed by atoms with Crippen LogP contribution < -0.4 is 5.32 Å². The lowest BCUT2D eigenvalue weighted by Crippen LogP contribution is -2.31. The molecule has 0 spiro atoms. The van der Waals surface area contributed by atoms with E-state index < -0.39 is 10.1 Å². The Hall–Kier alpha value is -0.880. The quantitative estimate of drug-likeness (QED) is 0.517. The summed E-state index contributed by atoms with van der Waals surface area (Å²) in [4.78, 5) is 10.8. The van der Waals surface area contributed by atoms with Gasteiger partial charge in [0.2, 0.25) is 5.91 Å². The summed E-state index contributed by atoms with van der Waals surface area (Å²) in [7, 11) is -3.95. The highest BCUT2D eigenvalue weighted by molar-refractivity contribution is 7.85. The molecule has 5 nitrogen and oxygen atoms in total. The monoisotopic (exact) mass is 235 g/mol. The summed E-state index contributed by atoms with van der Waals surface area (Å²) in [6.45, 7) is 7.17. The van der Waals surface area contributed by atoms with Gasteiger partial charge in [0.25, 0.3) is 10.1 Å². The highest BCUT2D eigenvalue weighted by Crippen LogP contribution is 2.11. The van der Waals surface area contributed by atoms with Crippen molar-refractivity contribution in [2.45, 2.75) is 13.8 Å². The van der Waals surface area contributed by atoms with Crippen LogP contribution in [0.2, 0.25) is 0 Å². The van der Waals surface area contributed by atoms with E-state index in [9.17, 15) is 13.2 Å². The van der Waals surface area contributed by atoms with Crippen LogP contribution in [0.4, 0.5) is 0 Å². The van der Waals surface area contributed by atoms with Crippen LogP contribution in [0.3, 0.4) is 0 Å². The number of nitrogens with one attached hydrogen (secondary N) is 1. The van der Waals surface area contributed by atoms with Crippen molar-refractivity contribution in [1.82, 2.24) is 5.32 Å². The Morgan fingerprint density at radius 1 is 1.47 bits per heavy atom. The fraction of sp³-hybridized carbons (Fsp3) is 0.667. The molecule has 15 heavy (non-hydrogen) atoms. The molecule has 2 atom stereocenters. The van der Waals surface area contributed by atoms with Crippen LogP contribution in [0, 0.1) is 11.8 Å². The van der Waals surface area contributed by atoms with Gasteiger partial charge in [-0.25, -0.2) is 0 Å². The van der Waals surface area contributed by atoms with E-state index in [1.807, 2.05) is 0 Å². The minimum Gasteiger partial charge on any atom is -0.352 e. The smallest absolute Gasteiger partial charge is 0.265 e. The molecular formula is C9H17NO4S. The second-order valence-electron chi connectivity index (χ2n) is 3.65. The molecule has 0 radical (unpaired) electrons. The molecule has 0 saturated heterocycles. The molecule has 88 valence electrons. The standard InChI is InChI=1S/C9H17NO4S/c1-4-9(11)10-5-7(2)8(3)6-15(12,13)14/h4,7-8H,1,5-6H2,2-3H3,(H,10,11)(H,12,13,14). The Balaban J connectivity index is 4.05. The number of amides is 1. The predicted molar refractivity (Wildman–Crippen MR) is 58.0 cm³/mol. The van der Waals surface area contributed by atoms with Crippen LogP contribution in [0.15, 0.2) is 12.7 Å². The molecule has 0 fully saturated rings. The van der Waals surface area contributed by atoms with E-state index >= 15 is 0 Å². The van der Waals surface area contributed by atoms with Crippen molar-refractivity contribution in [2.75, 3.05) is 12.3 Å². The topological polar surface area (TPSA) is 83.5 Å². The van der Waals surface area contributed by atoms with Gasteiger partial charge in [0.15, 0.2) is 0 Å². The van der Waals surface area contributed by atoms with E-state index in [0.29, 0.717) is 6.54 Å². The molecule has 0 bridgehead atoms. The second-order valence-corrected chi connectivity index (χ2v) is 5.15. The van der Waals surface area contributed by atoms with Gasteiger partial charge in [-0.05, 0) is 17.9 Å². The second kappa shape index (κ2) is 5.87. The maximum atomic E-state index is 10.8. The van der Waals surface area contributed by atoms with Crippen LogP contribution in [0.1, 0.15) is 13.8 Å². The van der Waals surface area contributed by atoms with Crippen molar-refractivity contribution in [3.8, 4) is 0 Å². The number of carbonyl (C=O) groups excluding carboxylic acids is 1. The van der Waals surface area contributed by atoms with Gasteiger partial charge < -0.3 is 5.32 Å². The van der Waals surface area contributed by atoms with Crippen molar-refractivity contribution in [3.05, 3.63) is 12.7 Å². The zero-order chi connectivity index (χ0) is 12.1. The van der Waals surface area contributed by atoms with Gasteiger partial charge in [0.1, 0.15) is 0 Å². The van der Waals surface area contributed by atoms with E-state index in [1.54, 1.807) is 13.8 Å². The van der Waals surface area contributed by atoms with E-state index in [2.05, 4.69) is 11.9 Å². The van der Waals surface area contributed by atoms with E-state index in [1.165, 1.54) is 0 Å². The molecule has 1 amide bonds. The highest BCUT2D eigenvalue weighted by Gasteiger charge is 2.18. The Bertz CT molecular complexity index is 323. The Morgan fingerprint density at radius 3 is 2.40 bits per heavy atom. The molecule has 0 aliphatic heterocycles. The largest absolute Gasteiger partial charge is 0.352 e. The van der Waals surface area contributed by atoms with Gasteiger partial charge in [-0.3, -0.25) is 9.35 Å². The van der Waals surface area contributed by atoms with E-state index in [-0.39, 0.29) is 23.5 Å². The van der Waals surface area contributed by atoms with Crippen LogP contribution in [0.5, 0.6) is 0 Å². The van der Waals surface area contributed by atoms with Gasteiger partial charge in [0, 0.05) is 6.54 Å². The first-order chi connectivity index (χ1) is 6.76. The Morgan fingerprint density at radius 2 is 2.00 bits per heavy atom. The molecular weight excluding hydrogens is 218 g/mol. The predicted octanol–water partition coefficient (Wildman–Crippen LogP) is 0.449. The maximum absolute atomic E-state index is 10.8. The molecule has 0 aromatic rings.